The average Bonchev–Trinajstić information content (AvgIpc) is 3.88. The number of carbonyl (C=O) groups is 3. The Balaban J connectivity index is 0.00000529. The first-order valence-electron chi connectivity index (χ1n) is 20.7. The third-order valence-corrected chi connectivity index (χ3v) is 13.4. The molecular weight excluding hydrogens is 833 g/mol. The van der Waals surface area contributed by atoms with E-state index in [-0.39, 0.29) is 47.8 Å². The Morgan fingerprint density at radius 2 is 1.71 bits per heavy atom. The molecular formula is C42H46ClF3N10O6. The highest BCUT2D eigenvalue weighted by Gasteiger charge is 2.51. The molecule has 2 bridgehead atoms. The van der Waals surface area contributed by atoms with Crippen molar-refractivity contribution < 1.29 is 37.2 Å². The Morgan fingerprint density at radius 1 is 0.968 bits per heavy atom. The van der Waals surface area contributed by atoms with Crippen molar-refractivity contribution in [1.82, 2.24) is 44.8 Å². The molecule has 0 spiro atoms. The van der Waals surface area contributed by atoms with Crippen molar-refractivity contribution in [2.75, 3.05) is 44.2 Å². The van der Waals surface area contributed by atoms with Gasteiger partial charge >= 0.3 is 5.69 Å². The minimum Gasteiger partial charge on any atom is -0.503 e. The predicted octanol–water partition coefficient (Wildman–Crippen LogP) is 4.48. The number of piperazine rings is 1. The molecule has 3 aromatic heterocycles. The lowest BCUT2D eigenvalue weighted by Gasteiger charge is -2.52. The molecule has 5 aromatic rings. The fourth-order valence-electron chi connectivity index (χ4n) is 9.61. The van der Waals surface area contributed by atoms with Crippen LogP contribution in [-0.4, -0.2) is 96.2 Å². The van der Waals surface area contributed by atoms with Crippen LogP contribution in [0.15, 0.2) is 45.8 Å². The molecule has 328 valence electrons. The number of anilines is 1. The second-order valence-corrected chi connectivity index (χ2v) is 16.9. The maximum absolute atomic E-state index is 14.3. The number of rotatable bonds is 11. The second-order valence-electron chi connectivity index (χ2n) is 16.9. The van der Waals surface area contributed by atoms with E-state index < -0.39 is 46.6 Å². The number of nitrogens with zero attached hydrogens (tertiary/aromatic N) is 8. The van der Waals surface area contributed by atoms with Gasteiger partial charge in [0.25, 0.3) is 11.8 Å². The Morgan fingerprint density at radius 3 is 2.44 bits per heavy atom. The molecule has 2 aromatic carbocycles. The minimum atomic E-state index is -1.80. The molecule has 16 nitrogen and oxygen atoms in total. The van der Waals surface area contributed by atoms with Crippen molar-refractivity contribution in [3.63, 3.8) is 0 Å². The number of halogens is 4. The normalized spacial score (nSPS) is 22.8. The number of fused-ring (bicyclic) bond motifs is 4. The van der Waals surface area contributed by atoms with Crippen molar-refractivity contribution in [3.05, 3.63) is 81.4 Å². The fraction of sp³-hybridized carbons (Fsp3) is 0.476. The molecule has 3 saturated carbocycles. The molecule has 2 aliphatic heterocycles. The lowest BCUT2D eigenvalue weighted by atomic mass is 9.53. The van der Waals surface area contributed by atoms with Crippen LogP contribution in [0.5, 0.6) is 5.75 Å². The number of amides is 3. The van der Waals surface area contributed by atoms with Crippen LogP contribution in [0.2, 0.25) is 0 Å². The zero-order chi connectivity index (χ0) is 42.6. The van der Waals surface area contributed by atoms with Crippen molar-refractivity contribution in [2.24, 2.45) is 12.5 Å². The summed E-state index contributed by atoms with van der Waals surface area (Å²) in [7, 11) is 1.70. The number of piperidine rings is 1. The number of benzene rings is 2. The summed E-state index contributed by atoms with van der Waals surface area (Å²) in [6.45, 7) is 4.26. The van der Waals surface area contributed by atoms with E-state index >= 15 is 0 Å². The van der Waals surface area contributed by atoms with Gasteiger partial charge in [-0.2, -0.15) is 9.37 Å². The zero-order valence-corrected chi connectivity index (χ0v) is 34.8. The van der Waals surface area contributed by atoms with Crippen LogP contribution in [0.25, 0.3) is 22.6 Å². The number of phenolic OH excluding ortho intramolecular Hbond substituents is 1. The first-order valence-corrected chi connectivity index (χ1v) is 20.7. The zero-order valence-electron chi connectivity index (χ0n) is 34.0. The van der Waals surface area contributed by atoms with E-state index in [2.05, 4.69) is 30.6 Å². The summed E-state index contributed by atoms with van der Waals surface area (Å²) in [5.74, 6) is -6.47. The van der Waals surface area contributed by atoms with Crippen LogP contribution in [0.3, 0.4) is 0 Å². The van der Waals surface area contributed by atoms with Gasteiger partial charge in [0.2, 0.25) is 23.6 Å². The molecule has 5 aliphatic rings. The Labute approximate surface area is 359 Å². The van der Waals surface area contributed by atoms with E-state index in [0.717, 1.165) is 95.2 Å². The van der Waals surface area contributed by atoms with Gasteiger partial charge in [-0.05, 0) is 99.6 Å². The van der Waals surface area contributed by atoms with Crippen LogP contribution in [0.1, 0.15) is 85.6 Å². The number of carbonyl (C=O) groups excluding carboxylic acids is 3. The highest BCUT2D eigenvalue weighted by Crippen LogP contribution is 2.57. The molecule has 0 radical (unpaired) electrons. The molecule has 3 aliphatic carbocycles. The van der Waals surface area contributed by atoms with Gasteiger partial charge in [0.05, 0.1) is 16.6 Å². The highest BCUT2D eigenvalue weighted by molar-refractivity contribution is 6.00. The van der Waals surface area contributed by atoms with Crippen molar-refractivity contribution >= 4 is 47.1 Å². The van der Waals surface area contributed by atoms with Crippen LogP contribution >= 0.6 is 12.4 Å². The quantitative estimate of drug-likeness (QED) is 0.125. The average molecular weight is 879 g/mol. The third kappa shape index (κ3) is 7.80. The van der Waals surface area contributed by atoms with Gasteiger partial charge in [0, 0.05) is 57.8 Å². The van der Waals surface area contributed by atoms with Gasteiger partial charge < -0.3 is 19.8 Å². The van der Waals surface area contributed by atoms with E-state index in [4.69, 9.17) is 14.5 Å². The van der Waals surface area contributed by atoms with Crippen LogP contribution in [0.4, 0.5) is 19.1 Å². The van der Waals surface area contributed by atoms with Gasteiger partial charge in [0.1, 0.15) is 11.7 Å². The standard InChI is InChI=1S/C42H45F3N10O6.ClH/c1-52-30-21-24(4-5-28(30)55(40(52)60)29-6-7-31(56)49-36(29)59)3-2-16-53-17-19-54(20-18-53)39-46-15-8-27(48-39)37-50-38(51-61-37)42-12-9-41(10-13-42,11-14-42)23-47-35(58)25-22-26(43)34(57)33(45)32(25)44;/h4-5,8,15,21-22,29,57H,2-3,6-7,9-14,16-20,23H2,1H3,(H,47,58)(H,49,56,59);1H/t29-,41?,42?;/m1./s1. The van der Waals surface area contributed by atoms with Gasteiger partial charge in [-0.3, -0.25) is 33.7 Å². The predicted molar refractivity (Wildman–Crippen MR) is 220 cm³/mol. The summed E-state index contributed by atoms with van der Waals surface area (Å²) in [6, 6.07) is 7.44. The number of imide groups is 1. The number of imidazole rings is 1. The number of aromatic hydroxyl groups is 1. The monoisotopic (exact) mass is 878 g/mol. The Kier molecular flexibility index (Phi) is 11.6. The van der Waals surface area contributed by atoms with Gasteiger partial charge in [-0.15, -0.1) is 12.4 Å². The summed E-state index contributed by atoms with van der Waals surface area (Å²) in [5.41, 5.74) is 1.43. The van der Waals surface area contributed by atoms with Crippen molar-refractivity contribution in [3.8, 4) is 17.3 Å². The number of aryl methyl sites for hydroxylation is 2. The molecule has 2 saturated heterocycles. The van der Waals surface area contributed by atoms with Crippen LogP contribution in [0, 0.1) is 22.9 Å². The summed E-state index contributed by atoms with van der Waals surface area (Å²) >= 11 is 0. The number of phenols is 1. The van der Waals surface area contributed by atoms with E-state index in [9.17, 15) is 37.5 Å². The number of nitrogens with one attached hydrogen (secondary N) is 2. The maximum atomic E-state index is 14.3. The lowest BCUT2D eigenvalue weighted by molar-refractivity contribution is -0.135. The van der Waals surface area contributed by atoms with E-state index in [1.54, 1.807) is 23.9 Å². The molecule has 0 unspecified atom stereocenters. The Hall–Kier alpha value is -5.82. The van der Waals surface area contributed by atoms with Gasteiger partial charge in [0.15, 0.2) is 23.2 Å². The van der Waals surface area contributed by atoms with Crippen molar-refractivity contribution in [1.29, 1.82) is 0 Å². The SMILES string of the molecule is Cl.Cn1c(=O)n([C@@H]2CCC(=O)NC2=O)c2ccc(CCCN3CCN(c4nccc(-c5nc(C67CCC(CNC(=O)c8cc(F)c(O)c(F)c8F)(CC6)CC7)no5)n4)CC3)cc21. The first kappa shape index (κ1) is 42.9. The lowest BCUT2D eigenvalue weighted by Crippen LogP contribution is -2.49. The smallest absolute Gasteiger partial charge is 0.329 e. The molecule has 5 heterocycles. The summed E-state index contributed by atoms with van der Waals surface area (Å²) < 4.78 is 50.8. The summed E-state index contributed by atoms with van der Waals surface area (Å²) in [5, 5.41) is 18.7. The molecule has 62 heavy (non-hydrogen) atoms. The number of aromatic nitrogens is 6. The molecule has 20 heteroatoms. The topological polar surface area (TPSA) is 194 Å². The highest BCUT2D eigenvalue weighted by atomic mass is 35.5. The minimum absolute atomic E-state index is 0. The number of hydrogen-bond acceptors (Lipinski definition) is 12. The molecule has 5 fully saturated rings. The van der Waals surface area contributed by atoms with Crippen LogP contribution < -0.4 is 21.2 Å². The fourth-order valence-corrected chi connectivity index (χ4v) is 9.61. The van der Waals surface area contributed by atoms with Gasteiger partial charge in [-0.25, -0.2) is 23.5 Å². The summed E-state index contributed by atoms with van der Waals surface area (Å²) in [6.07, 6.45) is 8.37. The first-order chi connectivity index (χ1) is 29.3. The maximum Gasteiger partial charge on any atom is 0.329 e. The molecule has 1 atom stereocenters. The van der Waals surface area contributed by atoms with E-state index in [1.807, 2.05) is 18.2 Å². The summed E-state index contributed by atoms with van der Waals surface area (Å²) in [4.78, 5) is 68.8. The third-order valence-electron chi connectivity index (χ3n) is 13.4. The largest absolute Gasteiger partial charge is 0.503 e. The number of hydrogen-bond donors (Lipinski definition) is 3. The van der Waals surface area contributed by atoms with Gasteiger partial charge in [-0.1, -0.05) is 11.2 Å². The van der Waals surface area contributed by atoms with E-state index in [0.29, 0.717) is 41.4 Å². The molecule has 10 rings (SSSR count). The van der Waals surface area contributed by atoms with Crippen molar-refractivity contribution in [2.45, 2.75) is 75.7 Å². The second kappa shape index (κ2) is 16.8. The Bertz CT molecular complexity index is 2600. The van der Waals surface area contributed by atoms with Crippen LogP contribution in [-0.2, 0) is 28.5 Å². The molecule has 3 amide bonds. The molecule has 3 N–H and O–H groups in total. The van der Waals surface area contributed by atoms with E-state index in [1.165, 1.54) is 4.57 Å².